The van der Waals surface area contributed by atoms with E-state index in [4.69, 9.17) is 4.74 Å². The molecule has 0 N–H and O–H groups in total. The summed E-state index contributed by atoms with van der Waals surface area (Å²) in [5, 5.41) is 2.36. The molecule has 1 aliphatic heterocycles. The maximum Gasteiger partial charge on any atom is 0.142 e. The minimum absolute atomic E-state index is 0.460. The first-order valence-corrected chi connectivity index (χ1v) is 13.9. The van der Waals surface area contributed by atoms with E-state index in [1.165, 1.54) is 49.8 Å². The second-order valence-electron chi connectivity index (χ2n) is 11.0. The number of fused-ring (bicyclic) bond motifs is 13. The Balaban J connectivity index is 1.47. The van der Waals surface area contributed by atoms with Gasteiger partial charge in [-0.15, -0.1) is 0 Å². The molecule has 0 fully saturated rings. The minimum atomic E-state index is -0.460. The molecule has 2 heterocycles. The van der Waals surface area contributed by atoms with Crippen LogP contribution in [0.3, 0.4) is 0 Å². The molecule has 0 atom stereocenters. The smallest absolute Gasteiger partial charge is 0.142 e. The van der Waals surface area contributed by atoms with Gasteiger partial charge in [0, 0.05) is 22.2 Å². The molecule has 1 aliphatic carbocycles. The molecule has 1 aromatic heterocycles. The van der Waals surface area contributed by atoms with E-state index in [0.29, 0.717) is 0 Å². The zero-order valence-electron chi connectivity index (χ0n) is 22.1. The second kappa shape index (κ2) is 7.74. The molecule has 1 spiro atoms. The van der Waals surface area contributed by atoms with Crippen molar-refractivity contribution in [3.63, 3.8) is 0 Å². The fraction of sp³-hybridized carbons (Fsp3) is 0.0526. The van der Waals surface area contributed by atoms with Crippen molar-refractivity contribution in [1.29, 1.82) is 0 Å². The van der Waals surface area contributed by atoms with Crippen molar-refractivity contribution < 1.29 is 4.74 Å². The lowest BCUT2D eigenvalue weighted by atomic mass is 9.66. The first kappa shape index (κ1) is 21.8. The van der Waals surface area contributed by atoms with Gasteiger partial charge in [0.2, 0.25) is 0 Å². The number of aromatic nitrogens is 1. The molecule has 2 aliphatic rings. The Labute approximate surface area is 232 Å². The molecule has 2 nitrogen and oxygen atoms in total. The summed E-state index contributed by atoms with van der Waals surface area (Å²) in [6, 6.07) is 48.5. The van der Waals surface area contributed by atoms with Crippen LogP contribution < -0.4 is 4.74 Å². The summed E-state index contributed by atoms with van der Waals surface area (Å²) in [4.78, 5) is 0. The van der Waals surface area contributed by atoms with E-state index in [-0.39, 0.29) is 0 Å². The highest BCUT2D eigenvalue weighted by atomic mass is 16.5. The molecule has 0 saturated carbocycles. The van der Waals surface area contributed by atoms with Gasteiger partial charge < -0.3 is 9.30 Å². The summed E-state index contributed by atoms with van der Waals surface area (Å²) in [6.45, 7) is 2.13. The molecule has 40 heavy (non-hydrogen) atoms. The molecule has 6 aromatic carbocycles. The zero-order chi connectivity index (χ0) is 26.4. The van der Waals surface area contributed by atoms with Crippen LogP contribution in [0.25, 0.3) is 38.6 Å². The second-order valence-corrected chi connectivity index (χ2v) is 11.0. The highest BCUT2D eigenvalue weighted by Gasteiger charge is 2.51. The zero-order valence-corrected chi connectivity index (χ0v) is 22.1. The Bertz CT molecular complexity index is 2100. The quantitative estimate of drug-likeness (QED) is 0.214. The van der Waals surface area contributed by atoms with Crippen molar-refractivity contribution in [1.82, 2.24) is 4.57 Å². The van der Waals surface area contributed by atoms with E-state index in [1.807, 2.05) is 0 Å². The first-order valence-electron chi connectivity index (χ1n) is 13.9. The maximum absolute atomic E-state index is 6.97. The van der Waals surface area contributed by atoms with Crippen molar-refractivity contribution in [2.45, 2.75) is 12.3 Å². The third-order valence-corrected chi connectivity index (χ3v) is 8.94. The van der Waals surface area contributed by atoms with Crippen LogP contribution in [0.5, 0.6) is 11.5 Å². The average Bonchev–Trinajstić information content (AvgIpc) is 3.50. The highest BCUT2D eigenvalue weighted by Crippen LogP contribution is 2.63. The third-order valence-electron chi connectivity index (χ3n) is 8.94. The number of hydrogen-bond donors (Lipinski definition) is 0. The van der Waals surface area contributed by atoms with Gasteiger partial charge in [-0.05, 0) is 59.5 Å². The molecule has 7 aromatic rings. The van der Waals surface area contributed by atoms with Gasteiger partial charge in [0.05, 0.1) is 21.8 Å². The van der Waals surface area contributed by atoms with Gasteiger partial charge in [-0.3, -0.25) is 0 Å². The van der Waals surface area contributed by atoms with Gasteiger partial charge in [0.15, 0.2) is 0 Å². The summed E-state index contributed by atoms with van der Waals surface area (Å²) < 4.78 is 9.34. The van der Waals surface area contributed by atoms with Gasteiger partial charge in [-0.2, -0.15) is 0 Å². The molecule has 2 heteroatoms. The van der Waals surface area contributed by atoms with E-state index >= 15 is 0 Å². The number of benzene rings is 6. The fourth-order valence-corrected chi connectivity index (χ4v) is 7.34. The summed E-state index contributed by atoms with van der Waals surface area (Å²) in [5.74, 6) is 1.87. The first-order chi connectivity index (χ1) is 19.8. The lowest BCUT2D eigenvalue weighted by Crippen LogP contribution is -2.32. The Hall–Kier alpha value is -5.08. The predicted octanol–water partition coefficient (Wildman–Crippen LogP) is 9.56. The van der Waals surface area contributed by atoms with Gasteiger partial charge in [0.25, 0.3) is 0 Å². The maximum atomic E-state index is 6.97. The van der Waals surface area contributed by atoms with Crippen LogP contribution >= 0.6 is 0 Å². The summed E-state index contributed by atoms with van der Waals surface area (Å²) in [7, 11) is 0. The average molecular weight is 512 g/mol. The lowest BCUT2D eigenvalue weighted by molar-refractivity contribution is 0.442. The highest BCUT2D eigenvalue weighted by molar-refractivity contribution is 6.13. The largest absolute Gasteiger partial charge is 0.456 e. The molecule has 0 amide bonds. The molecular formula is C38H25NO. The number of para-hydroxylation sites is 2. The standard InChI is InChI=1S/C38H25NO/c1-24-18-20-25(21-19-24)39-33-16-8-4-12-28(33)36-34(39)23-22-32-37(36)40-35-17-9-7-15-31(35)38(32)29-13-5-2-10-26(29)27-11-3-6-14-30(27)38/h2-23H,1H3. The van der Waals surface area contributed by atoms with E-state index in [0.717, 1.165) is 28.1 Å². The van der Waals surface area contributed by atoms with Crippen LogP contribution in [0.15, 0.2) is 133 Å². The van der Waals surface area contributed by atoms with Crippen molar-refractivity contribution in [3.05, 3.63) is 161 Å². The van der Waals surface area contributed by atoms with Crippen molar-refractivity contribution >= 4 is 21.8 Å². The Morgan fingerprint density at radius 2 is 1.15 bits per heavy atom. The molecule has 0 saturated heterocycles. The van der Waals surface area contributed by atoms with E-state index in [9.17, 15) is 0 Å². The van der Waals surface area contributed by atoms with Crippen LogP contribution in [0.2, 0.25) is 0 Å². The van der Waals surface area contributed by atoms with Gasteiger partial charge >= 0.3 is 0 Å². The molecule has 188 valence electrons. The topological polar surface area (TPSA) is 14.2 Å². The van der Waals surface area contributed by atoms with Gasteiger partial charge in [-0.1, -0.05) is 109 Å². The summed E-state index contributed by atoms with van der Waals surface area (Å²) in [5.41, 5.74) is 11.9. The molecule has 0 radical (unpaired) electrons. The number of aryl methyl sites for hydroxylation is 1. The van der Waals surface area contributed by atoms with Crippen LogP contribution in [0.1, 0.15) is 27.8 Å². The van der Waals surface area contributed by atoms with E-state index in [1.54, 1.807) is 0 Å². The molecule has 9 rings (SSSR count). The van der Waals surface area contributed by atoms with Crippen molar-refractivity contribution in [3.8, 4) is 28.3 Å². The SMILES string of the molecule is Cc1ccc(-n2c3ccccc3c3c4c(ccc32)C2(c3ccccc3O4)c3ccccc3-c3ccccc32)cc1. The summed E-state index contributed by atoms with van der Waals surface area (Å²) in [6.07, 6.45) is 0. The Morgan fingerprint density at radius 1 is 0.525 bits per heavy atom. The molecule has 0 bridgehead atoms. The van der Waals surface area contributed by atoms with E-state index in [2.05, 4.69) is 145 Å². The van der Waals surface area contributed by atoms with Crippen LogP contribution in [0.4, 0.5) is 0 Å². The number of nitrogens with zero attached hydrogens (tertiary/aromatic N) is 1. The van der Waals surface area contributed by atoms with Crippen LogP contribution in [0, 0.1) is 6.92 Å². The Morgan fingerprint density at radius 3 is 1.90 bits per heavy atom. The third kappa shape index (κ3) is 2.58. The normalized spacial score (nSPS) is 14.0. The number of hydrogen-bond acceptors (Lipinski definition) is 1. The van der Waals surface area contributed by atoms with E-state index < -0.39 is 5.41 Å². The van der Waals surface area contributed by atoms with Crippen LogP contribution in [-0.2, 0) is 5.41 Å². The number of ether oxygens (including phenoxy) is 1. The molecular weight excluding hydrogens is 486 g/mol. The van der Waals surface area contributed by atoms with Gasteiger partial charge in [-0.25, -0.2) is 0 Å². The van der Waals surface area contributed by atoms with Crippen LogP contribution in [-0.4, -0.2) is 4.57 Å². The monoisotopic (exact) mass is 511 g/mol. The minimum Gasteiger partial charge on any atom is -0.456 e. The molecule has 0 unspecified atom stereocenters. The Kier molecular flexibility index (Phi) is 4.22. The fourth-order valence-electron chi connectivity index (χ4n) is 7.34. The predicted molar refractivity (Wildman–Crippen MR) is 163 cm³/mol. The van der Waals surface area contributed by atoms with Crippen molar-refractivity contribution in [2.24, 2.45) is 0 Å². The summed E-state index contributed by atoms with van der Waals surface area (Å²) >= 11 is 0. The number of rotatable bonds is 1. The van der Waals surface area contributed by atoms with Gasteiger partial charge in [0.1, 0.15) is 11.5 Å². The lowest BCUT2D eigenvalue weighted by Gasteiger charge is -2.39. The van der Waals surface area contributed by atoms with Crippen molar-refractivity contribution in [2.75, 3.05) is 0 Å².